The largest absolute Gasteiger partial charge is 0.465 e. The normalized spacial score (nSPS) is 11.2. The van der Waals surface area contributed by atoms with Gasteiger partial charge in [-0.25, -0.2) is 0 Å². The lowest BCUT2D eigenvalue weighted by Crippen LogP contribution is -1.85. The Morgan fingerprint density at radius 3 is 1.96 bits per heavy atom. The number of aryl methyl sites for hydroxylation is 1. The first-order valence-electron chi connectivity index (χ1n) is 9.72. The van der Waals surface area contributed by atoms with Crippen LogP contribution in [-0.2, 0) is 0 Å². The lowest BCUT2D eigenvalue weighted by atomic mass is 10.1. The van der Waals surface area contributed by atoms with E-state index in [0.717, 1.165) is 12.2 Å². The zero-order valence-electron chi connectivity index (χ0n) is 15.4. The van der Waals surface area contributed by atoms with Crippen LogP contribution in [0.3, 0.4) is 0 Å². The minimum atomic E-state index is 0.961. The number of rotatable bonds is 14. The van der Waals surface area contributed by atoms with Gasteiger partial charge >= 0.3 is 0 Å². The van der Waals surface area contributed by atoms with Crippen molar-refractivity contribution in [1.29, 1.82) is 0 Å². The molecule has 1 aromatic rings. The van der Waals surface area contributed by atoms with Crippen LogP contribution < -0.4 is 4.74 Å². The molecule has 0 N–H and O–H groups in total. The van der Waals surface area contributed by atoms with Crippen LogP contribution in [0.25, 0.3) is 0 Å². The van der Waals surface area contributed by atoms with Gasteiger partial charge in [-0.2, -0.15) is 0 Å². The van der Waals surface area contributed by atoms with Crippen molar-refractivity contribution in [2.45, 2.75) is 90.9 Å². The summed E-state index contributed by atoms with van der Waals surface area (Å²) >= 11 is 0. The maximum Gasteiger partial charge on any atom is 0.129 e. The smallest absolute Gasteiger partial charge is 0.129 e. The van der Waals surface area contributed by atoms with Gasteiger partial charge < -0.3 is 4.74 Å². The molecule has 0 aliphatic rings. The van der Waals surface area contributed by atoms with Gasteiger partial charge in [0.05, 0.1) is 6.26 Å². The van der Waals surface area contributed by atoms with Gasteiger partial charge in [-0.3, -0.25) is 0 Å². The Morgan fingerprint density at radius 2 is 1.35 bits per heavy atom. The molecule has 1 heteroatoms. The molecule has 0 spiro atoms. The predicted molar refractivity (Wildman–Crippen MR) is 102 cm³/mol. The van der Waals surface area contributed by atoms with E-state index in [2.05, 4.69) is 26.0 Å². The van der Waals surface area contributed by atoms with Crippen molar-refractivity contribution < 1.29 is 4.74 Å². The molecule has 0 saturated heterocycles. The fourth-order valence-electron chi connectivity index (χ4n) is 2.80. The van der Waals surface area contributed by atoms with E-state index in [4.69, 9.17) is 4.74 Å². The molecule has 1 rings (SSSR count). The highest BCUT2D eigenvalue weighted by Crippen LogP contribution is 2.16. The number of para-hydroxylation sites is 1. The zero-order chi connectivity index (χ0) is 16.6. The third-order valence-corrected chi connectivity index (χ3v) is 4.36. The van der Waals surface area contributed by atoms with Crippen LogP contribution in [0.2, 0.25) is 0 Å². The van der Waals surface area contributed by atoms with E-state index in [1.165, 1.54) is 76.2 Å². The molecule has 1 aromatic carbocycles. The van der Waals surface area contributed by atoms with E-state index in [1.807, 2.05) is 24.5 Å². The number of hydrogen-bond acceptors (Lipinski definition) is 1. The van der Waals surface area contributed by atoms with Crippen LogP contribution in [0.1, 0.15) is 89.5 Å². The maximum absolute atomic E-state index is 5.66. The van der Waals surface area contributed by atoms with E-state index >= 15 is 0 Å². The summed E-state index contributed by atoms with van der Waals surface area (Å²) in [4.78, 5) is 0. The Hall–Kier alpha value is -1.24. The Bertz CT molecular complexity index is 408. The molecular weight excluding hydrogens is 280 g/mol. The molecule has 0 radical (unpaired) electrons. The fourth-order valence-corrected chi connectivity index (χ4v) is 2.80. The van der Waals surface area contributed by atoms with Crippen molar-refractivity contribution in [3.8, 4) is 5.75 Å². The molecule has 0 amide bonds. The van der Waals surface area contributed by atoms with Gasteiger partial charge in [0.1, 0.15) is 5.75 Å². The quantitative estimate of drug-likeness (QED) is 0.254. The van der Waals surface area contributed by atoms with Gasteiger partial charge in [-0.15, -0.1) is 0 Å². The monoisotopic (exact) mass is 316 g/mol. The van der Waals surface area contributed by atoms with Gasteiger partial charge in [-0.05, 0) is 37.5 Å². The van der Waals surface area contributed by atoms with Crippen LogP contribution in [0.4, 0.5) is 0 Å². The molecule has 0 saturated carbocycles. The molecule has 0 aliphatic heterocycles. The summed E-state index contributed by atoms with van der Waals surface area (Å²) in [5, 5.41) is 0. The molecule has 0 atom stereocenters. The van der Waals surface area contributed by atoms with Gasteiger partial charge in [0.2, 0.25) is 0 Å². The summed E-state index contributed by atoms with van der Waals surface area (Å²) in [6.07, 6.45) is 20.5. The number of allylic oxidation sites excluding steroid dienone is 1. The van der Waals surface area contributed by atoms with Crippen molar-refractivity contribution in [3.63, 3.8) is 0 Å². The Morgan fingerprint density at radius 1 is 0.783 bits per heavy atom. The van der Waals surface area contributed by atoms with E-state index in [-0.39, 0.29) is 0 Å². The number of hydrogen-bond donors (Lipinski definition) is 0. The Balaban J connectivity index is 1.86. The highest BCUT2D eigenvalue weighted by Gasteiger charge is 1.94. The van der Waals surface area contributed by atoms with Crippen molar-refractivity contribution in [3.05, 3.63) is 42.2 Å². The van der Waals surface area contributed by atoms with Crippen molar-refractivity contribution in [2.24, 2.45) is 0 Å². The van der Waals surface area contributed by atoms with E-state index in [0.29, 0.717) is 0 Å². The summed E-state index contributed by atoms with van der Waals surface area (Å²) in [6.45, 7) is 4.36. The third-order valence-electron chi connectivity index (χ3n) is 4.36. The first-order chi connectivity index (χ1) is 11.3. The molecule has 0 aliphatic carbocycles. The molecule has 0 aromatic heterocycles. The van der Waals surface area contributed by atoms with Crippen LogP contribution >= 0.6 is 0 Å². The summed E-state index contributed by atoms with van der Waals surface area (Å²) in [7, 11) is 0. The summed E-state index contributed by atoms with van der Waals surface area (Å²) in [5.74, 6) is 0.961. The van der Waals surface area contributed by atoms with Gasteiger partial charge in [-0.1, -0.05) is 89.3 Å². The Kier molecular flexibility index (Phi) is 12.4. The van der Waals surface area contributed by atoms with Crippen molar-refractivity contribution in [2.75, 3.05) is 0 Å². The predicted octanol–water partition coefficient (Wildman–Crippen LogP) is 7.59. The highest BCUT2D eigenvalue weighted by molar-refractivity contribution is 5.32. The van der Waals surface area contributed by atoms with Crippen LogP contribution in [0.15, 0.2) is 36.6 Å². The number of benzene rings is 1. The minimum absolute atomic E-state index is 0.961. The van der Waals surface area contributed by atoms with Crippen molar-refractivity contribution in [1.82, 2.24) is 0 Å². The Labute approximate surface area is 144 Å². The van der Waals surface area contributed by atoms with Gasteiger partial charge in [0.25, 0.3) is 0 Å². The van der Waals surface area contributed by atoms with Crippen LogP contribution in [0, 0.1) is 6.92 Å². The fraction of sp³-hybridized carbons (Fsp3) is 0.636. The van der Waals surface area contributed by atoms with E-state index < -0.39 is 0 Å². The molecule has 0 heterocycles. The van der Waals surface area contributed by atoms with Crippen molar-refractivity contribution >= 4 is 0 Å². The first kappa shape index (κ1) is 19.8. The molecule has 23 heavy (non-hydrogen) atoms. The van der Waals surface area contributed by atoms with Crippen LogP contribution in [-0.4, -0.2) is 0 Å². The molecule has 0 unspecified atom stereocenters. The average molecular weight is 317 g/mol. The molecule has 0 fully saturated rings. The molecule has 1 nitrogen and oxygen atoms in total. The van der Waals surface area contributed by atoms with Crippen LogP contribution in [0.5, 0.6) is 5.75 Å². The van der Waals surface area contributed by atoms with E-state index in [9.17, 15) is 0 Å². The second kappa shape index (κ2) is 14.4. The molecule has 130 valence electrons. The number of unbranched alkanes of at least 4 members (excludes halogenated alkanes) is 11. The standard InChI is InChI=1S/C22H36O/c1-3-4-5-6-7-8-9-10-11-12-13-14-17-20-23-22-19-16-15-18-21(22)2/h15-20H,3-14H2,1-2H3. The molecule has 0 bridgehead atoms. The summed E-state index contributed by atoms with van der Waals surface area (Å²) in [5.41, 5.74) is 1.19. The number of ether oxygens (including phenoxy) is 1. The summed E-state index contributed by atoms with van der Waals surface area (Å²) in [6, 6.07) is 8.14. The SMILES string of the molecule is CCCCCCCCCCCCCC=COc1ccccc1C. The van der Waals surface area contributed by atoms with Gasteiger partial charge in [0, 0.05) is 0 Å². The zero-order valence-corrected chi connectivity index (χ0v) is 15.4. The first-order valence-corrected chi connectivity index (χ1v) is 9.72. The molecular formula is C22H36O. The lowest BCUT2D eigenvalue weighted by Gasteiger charge is -2.03. The second-order valence-corrected chi connectivity index (χ2v) is 6.58. The van der Waals surface area contributed by atoms with Gasteiger partial charge in [0.15, 0.2) is 0 Å². The topological polar surface area (TPSA) is 9.23 Å². The lowest BCUT2D eigenvalue weighted by molar-refractivity contribution is 0.473. The van der Waals surface area contributed by atoms with E-state index in [1.54, 1.807) is 0 Å². The third kappa shape index (κ3) is 11.0. The maximum atomic E-state index is 5.66. The second-order valence-electron chi connectivity index (χ2n) is 6.58. The average Bonchev–Trinajstić information content (AvgIpc) is 2.57. The summed E-state index contributed by atoms with van der Waals surface area (Å²) < 4.78 is 5.66. The minimum Gasteiger partial charge on any atom is -0.465 e. The highest BCUT2D eigenvalue weighted by atomic mass is 16.5.